The maximum absolute atomic E-state index is 11.6. The average Bonchev–Trinajstić information content (AvgIpc) is 2.82. The summed E-state index contributed by atoms with van der Waals surface area (Å²) in [5.74, 6) is 0.793. The summed E-state index contributed by atoms with van der Waals surface area (Å²) >= 11 is 0. The van der Waals surface area contributed by atoms with Gasteiger partial charge >= 0.3 is 0 Å². The molecule has 0 saturated heterocycles. The zero-order chi connectivity index (χ0) is 13.0. The van der Waals surface area contributed by atoms with Crippen LogP contribution in [-0.4, -0.2) is 28.7 Å². The van der Waals surface area contributed by atoms with Gasteiger partial charge in [0.25, 0.3) is 0 Å². The zero-order valence-corrected chi connectivity index (χ0v) is 10.8. The summed E-state index contributed by atoms with van der Waals surface area (Å²) in [5.41, 5.74) is 0.465. The van der Waals surface area contributed by atoms with E-state index >= 15 is 0 Å². The number of anilines is 1. The second-order valence-electron chi connectivity index (χ2n) is 3.80. The van der Waals surface area contributed by atoms with E-state index in [1.165, 1.54) is 6.20 Å². The number of nitrogens with zero attached hydrogens (tertiary/aromatic N) is 3. The van der Waals surface area contributed by atoms with Gasteiger partial charge in [-0.05, 0) is 18.6 Å². The zero-order valence-electron chi connectivity index (χ0n) is 9.94. The molecule has 2 heterocycles. The van der Waals surface area contributed by atoms with Crippen LogP contribution in [0.4, 0.5) is 5.69 Å². The van der Waals surface area contributed by atoms with Crippen molar-refractivity contribution >= 4 is 15.7 Å². The largest absolute Gasteiger partial charge is 0.291 e. The third-order valence-corrected chi connectivity index (χ3v) is 3.76. The van der Waals surface area contributed by atoms with Gasteiger partial charge in [0, 0.05) is 12.4 Å². The minimum absolute atomic E-state index is 0.107. The lowest BCUT2D eigenvalue weighted by molar-refractivity contribution is 0.600. The van der Waals surface area contributed by atoms with E-state index in [2.05, 4.69) is 14.7 Å². The van der Waals surface area contributed by atoms with Gasteiger partial charge in [-0.1, -0.05) is 6.92 Å². The van der Waals surface area contributed by atoms with Crippen molar-refractivity contribution in [3.8, 4) is 5.82 Å². The third kappa shape index (κ3) is 3.07. The topological polar surface area (TPSA) is 76.9 Å². The molecule has 0 amide bonds. The Morgan fingerprint density at radius 3 is 2.78 bits per heavy atom. The van der Waals surface area contributed by atoms with Crippen LogP contribution in [0.5, 0.6) is 0 Å². The lowest BCUT2D eigenvalue weighted by Gasteiger charge is -2.07. The highest BCUT2D eigenvalue weighted by molar-refractivity contribution is 7.92. The minimum Gasteiger partial charge on any atom is -0.291 e. The molecule has 0 aromatic carbocycles. The number of hydrogen-bond donors (Lipinski definition) is 1. The van der Waals surface area contributed by atoms with Crippen LogP contribution in [0, 0.1) is 0 Å². The molecule has 0 aliphatic heterocycles. The first-order valence-corrected chi connectivity index (χ1v) is 7.21. The van der Waals surface area contributed by atoms with E-state index in [1.54, 1.807) is 35.4 Å². The smallest absolute Gasteiger partial charge is 0.232 e. The number of rotatable bonds is 5. The molecule has 0 bridgehead atoms. The third-order valence-electron chi connectivity index (χ3n) is 2.26. The number of aromatic nitrogens is 3. The molecule has 0 fully saturated rings. The molecule has 0 aliphatic carbocycles. The summed E-state index contributed by atoms with van der Waals surface area (Å²) < 4.78 is 27.3. The molecule has 0 atom stereocenters. The van der Waals surface area contributed by atoms with Gasteiger partial charge in [0.05, 0.1) is 17.6 Å². The number of sulfonamides is 1. The molecule has 2 aromatic heterocycles. The lowest BCUT2D eigenvalue weighted by Crippen LogP contribution is -2.16. The lowest BCUT2D eigenvalue weighted by atomic mass is 10.4. The summed E-state index contributed by atoms with van der Waals surface area (Å²) in [6, 6.07) is 3.40. The molecule has 18 heavy (non-hydrogen) atoms. The van der Waals surface area contributed by atoms with Crippen LogP contribution in [0.1, 0.15) is 13.3 Å². The Hall–Kier alpha value is -1.89. The van der Waals surface area contributed by atoms with E-state index in [-0.39, 0.29) is 5.75 Å². The molecular formula is C11H14N4O2S. The molecule has 7 heteroatoms. The van der Waals surface area contributed by atoms with E-state index in [0.29, 0.717) is 17.9 Å². The van der Waals surface area contributed by atoms with Gasteiger partial charge in [-0.3, -0.25) is 9.29 Å². The van der Waals surface area contributed by atoms with Gasteiger partial charge < -0.3 is 0 Å². The number of pyridine rings is 1. The molecule has 2 aromatic rings. The van der Waals surface area contributed by atoms with Gasteiger partial charge in [0.15, 0.2) is 0 Å². The van der Waals surface area contributed by atoms with Crippen LogP contribution in [0.3, 0.4) is 0 Å². The number of hydrogen-bond acceptors (Lipinski definition) is 4. The molecule has 96 valence electrons. The minimum atomic E-state index is -3.26. The molecule has 2 rings (SSSR count). The maximum Gasteiger partial charge on any atom is 0.232 e. The molecule has 0 aliphatic rings. The van der Waals surface area contributed by atoms with E-state index in [4.69, 9.17) is 0 Å². The predicted octanol–water partition coefficient (Wildman–Crippen LogP) is 1.42. The molecule has 0 radical (unpaired) electrons. The number of imidazole rings is 1. The Bertz CT molecular complexity index is 590. The first-order valence-electron chi connectivity index (χ1n) is 5.55. The molecular weight excluding hydrogens is 252 g/mol. The quantitative estimate of drug-likeness (QED) is 0.888. The predicted molar refractivity (Wildman–Crippen MR) is 69.1 cm³/mol. The Labute approximate surface area is 106 Å². The van der Waals surface area contributed by atoms with Crippen molar-refractivity contribution in [2.24, 2.45) is 0 Å². The highest BCUT2D eigenvalue weighted by Crippen LogP contribution is 2.11. The molecule has 0 unspecified atom stereocenters. The average molecular weight is 266 g/mol. The SMILES string of the molecule is CCCS(=O)(=O)Nc1ccc(-n2ccnc2)nc1. The van der Waals surface area contributed by atoms with Crippen molar-refractivity contribution in [2.45, 2.75) is 13.3 Å². The maximum atomic E-state index is 11.6. The van der Waals surface area contributed by atoms with Crippen LogP contribution in [0.2, 0.25) is 0 Å². The number of nitrogens with one attached hydrogen (secondary N) is 1. The summed E-state index contributed by atoms with van der Waals surface area (Å²) in [4.78, 5) is 8.08. The Kier molecular flexibility index (Phi) is 3.61. The highest BCUT2D eigenvalue weighted by atomic mass is 32.2. The van der Waals surface area contributed by atoms with Gasteiger partial charge in [0.2, 0.25) is 10.0 Å². The van der Waals surface area contributed by atoms with E-state index in [0.717, 1.165) is 0 Å². The van der Waals surface area contributed by atoms with Crippen molar-refractivity contribution in [3.05, 3.63) is 37.1 Å². The van der Waals surface area contributed by atoms with E-state index < -0.39 is 10.0 Å². The fraction of sp³-hybridized carbons (Fsp3) is 0.273. The van der Waals surface area contributed by atoms with Crippen LogP contribution in [0.15, 0.2) is 37.1 Å². The second kappa shape index (κ2) is 5.18. The standard InChI is InChI=1S/C11H14N4O2S/c1-2-7-18(16,17)14-10-3-4-11(13-8-10)15-6-5-12-9-15/h3-6,8-9,14H,2,7H2,1H3. The van der Waals surface area contributed by atoms with Gasteiger partial charge in [-0.15, -0.1) is 0 Å². The van der Waals surface area contributed by atoms with Crippen molar-refractivity contribution in [3.63, 3.8) is 0 Å². The first kappa shape index (κ1) is 12.6. The van der Waals surface area contributed by atoms with Crippen molar-refractivity contribution < 1.29 is 8.42 Å². The Balaban J connectivity index is 2.14. The summed E-state index contributed by atoms with van der Waals surface area (Å²) in [5, 5.41) is 0. The van der Waals surface area contributed by atoms with Crippen molar-refractivity contribution in [2.75, 3.05) is 10.5 Å². The fourth-order valence-electron chi connectivity index (χ4n) is 1.49. The first-order chi connectivity index (χ1) is 8.61. The Morgan fingerprint density at radius 2 is 2.22 bits per heavy atom. The van der Waals surface area contributed by atoms with Gasteiger partial charge in [-0.25, -0.2) is 18.4 Å². The van der Waals surface area contributed by atoms with Crippen LogP contribution in [0.25, 0.3) is 5.82 Å². The van der Waals surface area contributed by atoms with Crippen LogP contribution >= 0.6 is 0 Å². The van der Waals surface area contributed by atoms with E-state index in [9.17, 15) is 8.42 Å². The normalized spacial score (nSPS) is 11.4. The van der Waals surface area contributed by atoms with Crippen molar-refractivity contribution in [1.82, 2.24) is 14.5 Å². The second-order valence-corrected chi connectivity index (χ2v) is 5.64. The summed E-state index contributed by atoms with van der Waals surface area (Å²) in [6.45, 7) is 1.82. The highest BCUT2D eigenvalue weighted by Gasteiger charge is 2.08. The monoisotopic (exact) mass is 266 g/mol. The molecule has 0 spiro atoms. The Morgan fingerprint density at radius 1 is 1.39 bits per heavy atom. The fourth-order valence-corrected chi connectivity index (χ4v) is 2.61. The van der Waals surface area contributed by atoms with Crippen LogP contribution < -0.4 is 4.72 Å². The summed E-state index contributed by atoms with van der Waals surface area (Å²) in [7, 11) is -3.26. The van der Waals surface area contributed by atoms with Gasteiger partial charge in [0.1, 0.15) is 12.1 Å². The summed E-state index contributed by atoms with van der Waals surface area (Å²) in [6.07, 6.45) is 7.12. The molecule has 1 N–H and O–H groups in total. The van der Waals surface area contributed by atoms with Crippen molar-refractivity contribution in [1.29, 1.82) is 0 Å². The van der Waals surface area contributed by atoms with Crippen LogP contribution in [-0.2, 0) is 10.0 Å². The molecule has 6 nitrogen and oxygen atoms in total. The molecule has 0 saturated carbocycles. The van der Waals surface area contributed by atoms with E-state index in [1.807, 2.05) is 6.92 Å². The van der Waals surface area contributed by atoms with Gasteiger partial charge in [-0.2, -0.15) is 0 Å².